The Morgan fingerprint density at radius 2 is 2.00 bits per heavy atom. The van der Waals surface area contributed by atoms with Gasteiger partial charge in [-0.1, -0.05) is 19.3 Å². The fourth-order valence-electron chi connectivity index (χ4n) is 3.22. The van der Waals surface area contributed by atoms with Crippen LogP contribution in [-0.4, -0.2) is 28.1 Å². The maximum Gasteiger partial charge on any atom is 0.228 e. The lowest BCUT2D eigenvalue weighted by Gasteiger charge is -2.19. The molecule has 2 aromatic heterocycles. The molecule has 2 aromatic rings. The average Bonchev–Trinajstić information content (AvgIpc) is 3.11. The highest BCUT2D eigenvalue weighted by molar-refractivity contribution is 5.91. The molecule has 5 heteroatoms. The number of carbonyl (C=O) groups excluding carboxylic acids is 1. The molecule has 3 rings (SSSR count). The molecule has 1 fully saturated rings. The van der Waals surface area contributed by atoms with Crippen LogP contribution in [0.2, 0.25) is 0 Å². The summed E-state index contributed by atoms with van der Waals surface area (Å²) >= 11 is 0. The van der Waals surface area contributed by atoms with E-state index in [4.69, 9.17) is 0 Å². The maximum absolute atomic E-state index is 12.4. The van der Waals surface area contributed by atoms with Crippen LogP contribution in [0.1, 0.15) is 55.7 Å². The van der Waals surface area contributed by atoms with Crippen molar-refractivity contribution in [2.45, 2.75) is 50.9 Å². The first-order chi connectivity index (χ1) is 11.2. The van der Waals surface area contributed by atoms with Crippen molar-refractivity contribution >= 4 is 11.7 Å². The molecule has 1 N–H and O–H groups in total. The van der Waals surface area contributed by atoms with Gasteiger partial charge < -0.3 is 0 Å². The van der Waals surface area contributed by atoms with Crippen molar-refractivity contribution in [3.8, 4) is 0 Å². The summed E-state index contributed by atoms with van der Waals surface area (Å²) in [5, 5.41) is 7.47. The van der Waals surface area contributed by atoms with Gasteiger partial charge in [0.15, 0.2) is 5.82 Å². The molecule has 0 radical (unpaired) electrons. The van der Waals surface area contributed by atoms with E-state index >= 15 is 0 Å². The largest absolute Gasteiger partial charge is 0.298 e. The number of nitrogens with one attached hydrogen (secondary N) is 1. The highest BCUT2D eigenvalue weighted by Crippen LogP contribution is 2.32. The van der Waals surface area contributed by atoms with Gasteiger partial charge in [0, 0.05) is 43.5 Å². The number of rotatable bonds is 5. The van der Waals surface area contributed by atoms with Crippen LogP contribution < -0.4 is 4.90 Å². The van der Waals surface area contributed by atoms with Crippen LogP contribution in [0.25, 0.3) is 0 Å². The summed E-state index contributed by atoms with van der Waals surface area (Å²) in [4.78, 5) is 18.0. The van der Waals surface area contributed by atoms with E-state index in [1.807, 2.05) is 18.2 Å². The normalized spacial score (nSPS) is 15.5. The monoisotopic (exact) mass is 312 g/mol. The van der Waals surface area contributed by atoms with Gasteiger partial charge >= 0.3 is 0 Å². The molecule has 0 atom stereocenters. The molecular formula is C18H24N4O. The summed E-state index contributed by atoms with van der Waals surface area (Å²) in [5.41, 5.74) is 2.31. The maximum atomic E-state index is 12.4. The van der Waals surface area contributed by atoms with Gasteiger partial charge in [-0.05, 0) is 37.0 Å². The van der Waals surface area contributed by atoms with Crippen molar-refractivity contribution in [3.05, 3.63) is 41.9 Å². The first kappa shape index (κ1) is 15.7. The molecule has 23 heavy (non-hydrogen) atoms. The number of nitrogens with zero attached hydrogens (tertiary/aromatic N) is 3. The van der Waals surface area contributed by atoms with Gasteiger partial charge in [-0.2, -0.15) is 5.10 Å². The SMILES string of the molecule is CN(C(=O)CCc1ccncc1)c1cc(C2CCCCC2)[nH]n1. The molecule has 0 saturated heterocycles. The molecule has 0 aliphatic heterocycles. The third kappa shape index (κ3) is 3.97. The van der Waals surface area contributed by atoms with Crippen molar-refractivity contribution < 1.29 is 4.79 Å². The molecule has 1 aliphatic rings. The zero-order chi connectivity index (χ0) is 16.1. The molecule has 2 heterocycles. The summed E-state index contributed by atoms with van der Waals surface area (Å²) in [6.07, 6.45) is 11.1. The van der Waals surface area contributed by atoms with Gasteiger partial charge in [-0.15, -0.1) is 0 Å². The first-order valence-corrected chi connectivity index (χ1v) is 8.45. The molecule has 1 amide bonds. The molecule has 5 nitrogen and oxygen atoms in total. The van der Waals surface area contributed by atoms with Crippen molar-refractivity contribution in [2.24, 2.45) is 0 Å². The van der Waals surface area contributed by atoms with E-state index in [9.17, 15) is 4.79 Å². The molecule has 0 bridgehead atoms. The summed E-state index contributed by atoms with van der Waals surface area (Å²) in [5.74, 6) is 1.39. The van der Waals surface area contributed by atoms with Crippen molar-refractivity contribution in [2.75, 3.05) is 11.9 Å². The predicted octanol–water partition coefficient (Wildman–Crippen LogP) is 3.45. The van der Waals surface area contributed by atoms with E-state index in [2.05, 4.69) is 15.2 Å². The predicted molar refractivity (Wildman–Crippen MR) is 90.4 cm³/mol. The quantitative estimate of drug-likeness (QED) is 0.920. The Morgan fingerprint density at radius 3 is 2.74 bits per heavy atom. The Balaban J connectivity index is 1.57. The van der Waals surface area contributed by atoms with Gasteiger partial charge in [0.05, 0.1) is 0 Å². The van der Waals surface area contributed by atoms with Crippen LogP contribution in [0, 0.1) is 0 Å². The van der Waals surface area contributed by atoms with Crippen LogP contribution in [-0.2, 0) is 11.2 Å². The van der Waals surface area contributed by atoms with Gasteiger partial charge in [-0.3, -0.25) is 19.8 Å². The van der Waals surface area contributed by atoms with Gasteiger partial charge in [0.25, 0.3) is 0 Å². The lowest BCUT2D eigenvalue weighted by molar-refractivity contribution is -0.118. The second kappa shape index (κ2) is 7.40. The fraction of sp³-hybridized carbons (Fsp3) is 0.500. The van der Waals surface area contributed by atoms with E-state index in [1.54, 1.807) is 24.3 Å². The lowest BCUT2D eigenvalue weighted by Crippen LogP contribution is -2.26. The molecule has 1 saturated carbocycles. The highest BCUT2D eigenvalue weighted by atomic mass is 16.2. The molecular weight excluding hydrogens is 288 g/mol. The second-order valence-corrected chi connectivity index (χ2v) is 6.32. The number of pyridine rings is 1. The van der Waals surface area contributed by atoms with Gasteiger partial charge in [-0.25, -0.2) is 0 Å². The van der Waals surface area contributed by atoms with E-state index < -0.39 is 0 Å². The zero-order valence-electron chi connectivity index (χ0n) is 13.7. The van der Waals surface area contributed by atoms with E-state index in [-0.39, 0.29) is 5.91 Å². The van der Waals surface area contributed by atoms with Crippen LogP contribution >= 0.6 is 0 Å². The number of carbonyl (C=O) groups is 1. The minimum Gasteiger partial charge on any atom is -0.298 e. The summed E-state index contributed by atoms with van der Waals surface area (Å²) < 4.78 is 0. The van der Waals surface area contributed by atoms with Crippen molar-refractivity contribution in [1.82, 2.24) is 15.2 Å². The minimum absolute atomic E-state index is 0.0866. The molecule has 1 aliphatic carbocycles. The number of anilines is 1. The summed E-state index contributed by atoms with van der Waals surface area (Å²) in [7, 11) is 1.80. The molecule has 0 spiro atoms. The van der Waals surface area contributed by atoms with Crippen LogP contribution in [0.3, 0.4) is 0 Å². The highest BCUT2D eigenvalue weighted by Gasteiger charge is 2.20. The van der Waals surface area contributed by atoms with Crippen molar-refractivity contribution in [3.63, 3.8) is 0 Å². The number of aryl methyl sites for hydroxylation is 1. The molecule has 0 aromatic carbocycles. The summed E-state index contributed by atoms with van der Waals surface area (Å²) in [6, 6.07) is 5.94. The molecule has 0 unspecified atom stereocenters. The Labute approximate surface area is 137 Å². The Bertz CT molecular complexity index is 631. The Hall–Kier alpha value is -2.17. The van der Waals surface area contributed by atoms with Crippen molar-refractivity contribution in [1.29, 1.82) is 0 Å². The fourth-order valence-corrected chi connectivity index (χ4v) is 3.22. The Kier molecular flexibility index (Phi) is 5.05. The number of hydrogen-bond donors (Lipinski definition) is 1. The Morgan fingerprint density at radius 1 is 1.26 bits per heavy atom. The third-order valence-corrected chi connectivity index (χ3v) is 4.72. The number of H-pyrrole nitrogens is 1. The van der Waals surface area contributed by atoms with E-state index in [0.717, 1.165) is 17.8 Å². The number of aromatic amines is 1. The van der Waals surface area contributed by atoms with Crippen LogP contribution in [0.4, 0.5) is 5.82 Å². The number of hydrogen-bond acceptors (Lipinski definition) is 3. The average molecular weight is 312 g/mol. The van der Waals surface area contributed by atoms with E-state index in [1.165, 1.54) is 37.8 Å². The smallest absolute Gasteiger partial charge is 0.228 e. The molecule has 122 valence electrons. The lowest BCUT2D eigenvalue weighted by atomic mass is 9.87. The van der Waals surface area contributed by atoms with Crippen LogP contribution in [0.15, 0.2) is 30.6 Å². The number of aromatic nitrogens is 3. The van der Waals surface area contributed by atoms with Gasteiger partial charge in [0.1, 0.15) is 0 Å². The standard InChI is InChI=1S/C18H24N4O/c1-22(18(23)8-7-14-9-11-19-12-10-14)17-13-16(20-21-17)15-5-3-2-4-6-15/h9-13,15H,2-8H2,1H3,(H,20,21). The topological polar surface area (TPSA) is 61.9 Å². The van der Waals surface area contributed by atoms with Gasteiger partial charge in [0.2, 0.25) is 5.91 Å². The van der Waals surface area contributed by atoms with Crippen LogP contribution in [0.5, 0.6) is 0 Å². The summed E-state index contributed by atoms with van der Waals surface area (Å²) in [6.45, 7) is 0. The minimum atomic E-state index is 0.0866. The third-order valence-electron chi connectivity index (χ3n) is 4.72. The van der Waals surface area contributed by atoms with E-state index in [0.29, 0.717) is 12.3 Å². The second-order valence-electron chi connectivity index (χ2n) is 6.32. The zero-order valence-corrected chi connectivity index (χ0v) is 13.7. The number of amides is 1. The first-order valence-electron chi connectivity index (χ1n) is 8.45.